The van der Waals surface area contributed by atoms with Gasteiger partial charge in [-0.15, -0.1) is 11.3 Å². The lowest BCUT2D eigenvalue weighted by Gasteiger charge is -2.24. The van der Waals surface area contributed by atoms with Crippen LogP contribution in [0.1, 0.15) is 34.8 Å². The third-order valence-corrected chi connectivity index (χ3v) is 5.33. The highest BCUT2D eigenvalue weighted by atomic mass is 32.1. The largest absolute Gasteiger partial charge is 0.381 e. The molecule has 1 N–H and O–H groups in total. The van der Waals surface area contributed by atoms with Crippen LogP contribution in [0.25, 0.3) is 11.3 Å². The van der Waals surface area contributed by atoms with E-state index in [1.165, 1.54) is 0 Å². The van der Waals surface area contributed by atoms with Gasteiger partial charge in [0.1, 0.15) is 5.69 Å². The zero-order valence-corrected chi connectivity index (χ0v) is 14.1. The number of thiazole rings is 1. The average Bonchev–Trinajstić information content (AvgIpc) is 2.99. The molecule has 1 aliphatic heterocycles. The minimum atomic E-state index is 0.109. The zero-order chi connectivity index (χ0) is 15.8. The highest BCUT2D eigenvalue weighted by molar-refractivity contribution is 7.09. The summed E-state index contributed by atoms with van der Waals surface area (Å²) in [4.78, 5) is 22.6. The molecule has 1 saturated carbocycles. The van der Waals surface area contributed by atoms with Crippen molar-refractivity contribution in [1.82, 2.24) is 14.9 Å². The Morgan fingerprint density at radius 1 is 1.48 bits per heavy atom. The topological polar surface area (TPSA) is 58.2 Å². The fraction of sp³-hybridized carbons (Fsp3) is 0.529. The summed E-state index contributed by atoms with van der Waals surface area (Å²) in [7, 11) is 0. The first-order valence-electron chi connectivity index (χ1n) is 8.20. The van der Waals surface area contributed by atoms with Crippen LogP contribution in [0, 0.1) is 12.8 Å². The van der Waals surface area contributed by atoms with Crippen molar-refractivity contribution < 1.29 is 9.53 Å². The molecule has 0 spiro atoms. The molecular weight excluding hydrogens is 310 g/mol. The summed E-state index contributed by atoms with van der Waals surface area (Å²) in [5, 5.41) is 3.07. The lowest BCUT2D eigenvalue weighted by molar-refractivity contribution is 0.0701. The first-order valence-corrected chi connectivity index (χ1v) is 9.08. The van der Waals surface area contributed by atoms with E-state index >= 15 is 0 Å². The molecule has 4 rings (SSSR count). The van der Waals surface area contributed by atoms with Gasteiger partial charge in [0, 0.05) is 42.3 Å². The Balaban J connectivity index is 1.51. The van der Waals surface area contributed by atoms with Crippen molar-refractivity contribution in [3.63, 3.8) is 0 Å². The SMILES string of the molecule is Cc1nc(-c2c[nH]c(C(=O)N(C[C@@H]3CCOC3)C3CC3)c2)cs1. The van der Waals surface area contributed by atoms with Crippen LogP contribution >= 0.6 is 11.3 Å². The number of aromatic amines is 1. The summed E-state index contributed by atoms with van der Waals surface area (Å²) >= 11 is 1.63. The van der Waals surface area contributed by atoms with Crippen molar-refractivity contribution in [3.05, 3.63) is 28.3 Å². The number of hydrogen-bond acceptors (Lipinski definition) is 4. The van der Waals surface area contributed by atoms with Gasteiger partial charge in [-0.1, -0.05) is 0 Å². The van der Waals surface area contributed by atoms with Gasteiger partial charge in [-0.3, -0.25) is 4.79 Å². The highest BCUT2D eigenvalue weighted by Gasteiger charge is 2.35. The third-order valence-electron chi connectivity index (χ3n) is 4.56. The summed E-state index contributed by atoms with van der Waals surface area (Å²) in [5.41, 5.74) is 2.58. The molecule has 23 heavy (non-hydrogen) atoms. The second-order valence-corrected chi connectivity index (χ2v) is 7.53. The molecule has 6 heteroatoms. The van der Waals surface area contributed by atoms with Gasteiger partial charge in [0.05, 0.1) is 17.3 Å². The highest BCUT2D eigenvalue weighted by Crippen LogP contribution is 2.31. The Labute approximate surface area is 139 Å². The zero-order valence-electron chi connectivity index (χ0n) is 13.2. The molecule has 3 heterocycles. The Bertz CT molecular complexity index is 698. The van der Waals surface area contributed by atoms with E-state index < -0.39 is 0 Å². The number of rotatable bonds is 5. The first-order chi connectivity index (χ1) is 11.2. The normalized spacial score (nSPS) is 20.8. The van der Waals surface area contributed by atoms with Gasteiger partial charge in [0.2, 0.25) is 0 Å². The van der Waals surface area contributed by atoms with E-state index in [-0.39, 0.29) is 5.91 Å². The summed E-state index contributed by atoms with van der Waals surface area (Å²) in [6.45, 7) is 4.41. The van der Waals surface area contributed by atoms with Gasteiger partial charge in [0.15, 0.2) is 0 Å². The van der Waals surface area contributed by atoms with E-state index in [4.69, 9.17) is 4.74 Å². The second-order valence-electron chi connectivity index (χ2n) is 6.47. The summed E-state index contributed by atoms with van der Waals surface area (Å²) in [5.74, 6) is 0.591. The Kier molecular flexibility index (Phi) is 3.95. The van der Waals surface area contributed by atoms with Crippen LogP contribution in [0.15, 0.2) is 17.6 Å². The van der Waals surface area contributed by atoms with E-state index in [0.29, 0.717) is 17.7 Å². The van der Waals surface area contributed by atoms with Gasteiger partial charge < -0.3 is 14.6 Å². The molecule has 122 valence electrons. The van der Waals surface area contributed by atoms with Gasteiger partial charge in [0.25, 0.3) is 5.91 Å². The number of hydrogen-bond donors (Lipinski definition) is 1. The molecule has 0 unspecified atom stereocenters. The molecule has 1 amide bonds. The van der Waals surface area contributed by atoms with Gasteiger partial charge >= 0.3 is 0 Å². The number of H-pyrrole nitrogens is 1. The molecule has 1 atom stereocenters. The monoisotopic (exact) mass is 331 g/mol. The molecule has 0 bridgehead atoms. The number of aromatic nitrogens is 2. The number of nitrogens with zero attached hydrogens (tertiary/aromatic N) is 2. The minimum Gasteiger partial charge on any atom is -0.381 e. The number of carbonyl (C=O) groups excluding carboxylic acids is 1. The van der Waals surface area contributed by atoms with Crippen LogP contribution in [0.2, 0.25) is 0 Å². The maximum absolute atomic E-state index is 12.9. The molecule has 2 fully saturated rings. The molecule has 0 radical (unpaired) electrons. The quantitative estimate of drug-likeness (QED) is 0.916. The van der Waals surface area contributed by atoms with Crippen LogP contribution in [0.4, 0.5) is 0 Å². The van der Waals surface area contributed by atoms with E-state index in [0.717, 1.165) is 55.3 Å². The number of nitrogens with one attached hydrogen (secondary N) is 1. The molecule has 1 aliphatic carbocycles. The number of amides is 1. The van der Waals surface area contributed by atoms with Crippen LogP contribution in [0.5, 0.6) is 0 Å². The lowest BCUT2D eigenvalue weighted by atomic mass is 10.1. The number of ether oxygens (including phenoxy) is 1. The van der Waals surface area contributed by atoms with Crippen molar-refractivity contribution in [2.24, 2.45) is 5.92 Å². The molecule has 0 aromatic carbocycles. The Morgan fingerprint density at radius 2 is 2.35 bits per heavy atom. The van der Waals surface area contributed by atoms with Gasteiger partial charge in [-0.05, 0) is 32.3 Å². The smallest absolute Gasteiger partial charge is 0.270 e. The molecule has 5 nitrogen and oxygen atoms in total. The fourth-order valence-electron chi connectivity index (χ4n) is 3.11. The summed E-state index contributed by atoms with van der Waals surface area (Å²) in [6.07, 6.45) is 5.19. The fourth-order valence-corrected chi connectivity index (χ4v) is 3.73. The van der Waals surface area contributed by atoms with Crippen molar-refractivity contribution >= 4 is 17.2 Å². The van der Waals surface area contributed by atoms with Crippen LogP contribution in [0.3, 0.4) is 0 Å². The summed E-state index contributed by atoms with van der Waals surface area (Å²) < 4.78 is 5.45. The Morgan fingerprint density at radius 3 is 3.00 bits per heavy atom. The molecule has 2 aromatic rings. The minimum absolute atomic E-state index is 0.109. The predicted molar refractivity (Wildman–Crippen MR) is 89.6 cm³/mol. The summed E-state index contributed by atoms with van der Waals surface area (Å²) in [6, 6.07) is 2.34. The maximum atomic E-state index is 12.9. The van der Waals surface area contributed by atoms with Gasteiger partial charge in [-0.25, -0.2) is 4.98 Å². The standard InChI is InChI=1S/C17H21N3O2S/c1-11-19-16(10-23-11)13-6-15(18-7-13)17(21)20(14-2-3-14)8-12-4-5-22-9-12/h6-7,10,12,14,18H,2-5,8-9H2,1H3/t12-/m0/s1. The Hall–Kier alpha value is -1.66. The van der Waals surface area contributed by atoms with Crippen LogP contribution in [-0.2, 0) is 4.74 Å². The molecular formula is C17H21N3O2S. The maximum Gasteiger partial charge on any atom is 0.270 e. The van der Waals surface area contributed by atoms with Crippen LogP contribution in [-0.4, -0.2) is 46.6 Å². The number of aryl methyl sites for hydroxylation is 1. The van der Waals surface area contributed by atoms with E-state index in [2.05, 4.69) is 9.97 Å². The van der Waals surface area contributed by atoms with Gasteiger partial charge in [-0.2, -0.15) is 0 Å². The third kappa shape index (κ3) is 3.19. The van der Waals surface area contributed by atoms with E-state index in [9.17, 15) is 4.79 Å². The van der Waals surface area contributed by atoms with Crippen molar-refractivity contribution in [1.29, 1.82) is 0 Å². The molecule has 2 aromatic heterocycles. The molecule has 1 saturated heterocycles. The van der Waals surface area contributed by atoms with E-state index in [1.54, 1.807) is 11.3 Å². The molecule has 2 aliphatic rings. The predicted octanol–water partition coefficient (Wildman–Crippen LogP) is 3.09. The van der Waals surface area contributed by atoms with Crippen molar-refractivity contribution in [2.45, 2.75) is 32.2 Å². The van der Waals surface area contributed by atoms with Crippen molar-refractivity contribution in [3.8, 4) is 11.3 Å². The van der Waals surface area contributed by atoms with Crippen molar-refractivity contribution in [2.75, 3.05) is 19.8 Å². The average molecular weight is 331 g/mol. The van der Waals surface area contributed by atoms with Crippen LogP contribution < -0.4 is 0 Å². The van der Waals surface area contributed by atoms with E-state index in [1.807, 2.05) is 29.5 Å². The second kappa shape index (κ2) is 6.09. The first kappa shape index (κ1) is 14.9. The lowest BCUT2D eigenvalue weighted by Crippen LogP contribution is -2.37. The number of carbonyl (C=O) groups is 1.